The van der Waals surface area contributed by atoms with E-state index in [-0.39, 0.29) is 12.3 Å². The highest BCUT2D eigenvalue weighted by atomic mass is 127. The number of halogens is 3. The van der Waals surface area contributed by atoms with Crippen molar-refractivity contribution in [3.05, 3.63) is 41.1 Å². The molecule has 7 heteroatoms. The summed E-state index contributed by atoms with van der Waals surface area (Å²) in [5.41, 5.74) is 0.493. The summed E-state index contributed by atoms with van der Waals surface area (Å²) < 4.78 is 2.72. The highest BCUT2D eigenvalue weighted by Gasteiger charge is 2.21. The SMILES string of the molecule is C=CCC(NC(=O)c1cc(I)cc(I)c1I)C(=O)O. The molecule has 0 saturated carbocycles. The lowest BCUT2D eigenvalue weighted by Crippen LogP contribution is -2.40. The van der Waals surface area contributed by atoms with Crippen LogP contribution in [-0.4, -0.2) is 23.0 Å². The Labute approximate surface area is 151 Å². The monoisotopic (exact) mass is 597 g/mol. The van der Waals surface area contributed by atoms with Gasteiger partial charge in [0.2, 0.25) is 0 Å². The zero-order chi connectivity index (χ0) is 14.6. The van der Waals surface area contributed by atoms with Crippen LogP contribution in [-0.2, 0) is 4.79 Å². The number of carboxylic acids is 1. The molecule has 0 bridgehead atoms. The van der Waals surface area contributed by atoms with Gasteiger partial charge in [0.05, 0.1) is 5.56 Å². The number of amides is 1. The fourth-order valence-electron chi connectivity index (χ4n) is 1.35. The van der Waals surface area contributed by atoms with Crippen LogP contribution >= 0.6 is 67.8 Å². The fraction of sp³-hybridized carbons (Fsp3) is 0.167. The Morgan fingerprint density at radius 2 is 2.00 bits per heavy atom. The lowest BCUT2D eigenvalue weighted by molar-refractivity contribution is -0.139. The molecule has 1 amide bonds. The summed E-state index contributed by atoms with van der Waals surface area (Å²) in [7, 11) is 0. The second-order valence-electron chi connectivity index (χ2n) is 3.64. The van der Waals surface area contributed by atoms with Crippen molar-refractivity contribution in [3.63, 3.8) is 0 Å². The molecule has 1 aromatic rings. The van der Waals surface area contributed by atoms with E-state index in [4.69, 9.17) is 5.11 Å². The second kappa shape index (κ2) is 7.76. The summed E-state index contributed by atoms with van der Waals surface area (Å²) in [5, 5.41) is 11.5. The maximum Gasteiger partial charge on any atom is 0.326 e. The van der Waals surface area contributed by atoms with Gasteiger partial charge >= 0.3 is 5.97 Å². The molecule has 1 unspecified atom stereocenters. The van der Waals surface area contributed by atoms with Gasteiger partial charge in [0.1, 0.15) is 6.04 Å². The molecule has 0 fully saturated rings. The van der Waals surface area contributed by atoms with Crippen LogP contribution in [0.25, 0.3) is 0 Å². The number of rotatable bonds is 5. The molecule has 19 heavy (non-hydrogen) atoms. The Bertz CT molecular complexity index is 531. The maximum absolute atomic E-state index is 12.1. The van der Waals surface area contributed by atoms with Crippen LogP contribution in [0.5, 0.6) is 0 Å². The van der Waals surface area contributed by atoms with Gasteiger partial charge in [-0.05, 0) is 86.3 Å². The van der Waals surface area contributed by atoms with E-state index in [9.17, 15) is 9.59 Å². The third kappa shape index (κ3) is 4.85. The summed E-state index contributed by atoms with van der Waals surface area (Å²) in [5.74, 6) is -1.45. The van der Waals surface area contributed by atoms with Crippen LogP contribution < -0.4 is 5.32 Å². The van der Waals surface area contributed by atoms with Crippen molar-refractivity contribution < 1.29 is 14.7 Å². The molecule has 1 rings (SSSR count). The topological polar surface area (TPSA) is 66.4 Å². The van der Waals surface area contributed by atoms with Crippen molar-refractivity contribution in [1.82, 2.24) is 5.32 Å². The Morgan fingerprint density at radius 1 is 1.37 bits per heavy atom. The van der Waals surface area contributed by atoms with Gasteiger partial charge in [0, 0.05) is 10.7 Å². The molecule has 4 nitrogen and oxygen atoms in total. The van der Waals surface area contributed by atoms with Gasteiger partial charge in [0.25, 0.3) is 5.91 Å². The van der Waals surface area contributed by atoms with Crippen molar-refractivity contribution in [1.29, 1.82) is 0 Å². The van der Waals surface area contributed by atoms with Gasteiger partial charge in [-0.15, -0.1) is 6.58 Å². The normalized spacial score (nSPS) is 11.7. The first-order chi connectivity index (χ1) is 8.86. The summed E-state index contributed by atoms with van der Waals surface area (Å²) in [6.45, 7) is 3.49. The number of carbonyl (C=O) groups excluding carboxylic acids is 1. The lowest BCUT2D eigenvalue weighted by Gasteiger charge is -2.14. The minimum absolute atomic E-state index is 0.193. The van der Waals surface area contributed by atoms with E-state index in [2.05, 4.69) is 79.7 Å². The van der Waals surface area contributed by atoms with Crippen LogP contribution in [0, 0.1) is 10.7 Å². The molecule has 0 aliphatic carbocycles. The van der Waals surface area contributed by atoms with Crippen molar-refractivity contribution in [2.45, 2.75) is 12.5 Å². The maximum atomic E-state index is 12.1. The third-order valence-corrected chi connectivity index (χ3v) is 5.91. The van der Waals surface area contributed by atoms with Gasteiger partial charge in [-0.25, -0.2) is 4.79 Å². The molecule has 0 aliphatic rings. The van der Waals surface area contributed by atoms with Crippen LogP contribution in [0.15, 0.2) is 24.8 Å². The Balaban J connectivity index is 3.00. The predicted octanol–water partition coefficient (Wildman–Crippen LogP) is 3.26. The fourth-order valence-corrected chi connectivity index (χ4v) is 3.75. The molecule has 0 radical (unpaired) electrons. The van der Waals surface area contributed by atoms with Crippen molar-refractivity contribution >= 4 is 79.6 Å². The smallest absolute Gasteiger partial charge is 0.326 e. The Kier molecular flexibility index (Phi) is 7.00. The third-order valence-electron chi connectivity index (χ3n) is 2.24. The van der Waals surface area contributed by atoms with E-state index in [1.807, 2.05) is 6.07 Å². The van der Waals surface area contributed by atoms with Crippen LogP contribution in [0.3, 0.4) is 0 Å². The van der Waals surface area contributed by atoms with E-state index in [0.717, 1.165) is 10.7 Å². The standard InChI is InChI=1S/C12H10I3NO3/c1-2-3-9(12(18)19)16-11(17)7-4-6(13)5-8(14)10(7)15/h2,4-5,9H,1,3H2,(H,16,17)(H,18,19). The second-order valence-corrected chi connectivity index (χ2v) is 7.12. The first-order valence-corrected chi connectivity index (χ1v) is 8.39. The Hall–Kier alpha value is 0.0900. The highest BCUT2D eigenvalue weighted by molar-refractivity contribution is 14.1. The first kappa shape index (κ1) is 17.1. The van der Waals surface area contributed by atoms with E-state index in [1.165, 1.54) is 6.08 Å². The minimum Gasteiger partial charge on any atom is -0.480 e. The lowest BCUT2D eigenvalue weighted by atomic mass is 10.1. The average molecular weight is 597 g/mol. The summed E-state index contributed by atoms with van der Waals surface area (Å²) in [4.78, 5) is 23.1. The van der Waals surface area contributed by atoms with Crippen molar-refractivity contribution in [3.8, 4) is 0 Å². The van der Waals surface area contributed by atoms with Gasteiger partial charge in [-0.2, -0.15) is 0 Å². The molecule has 1 atom stereocenters. The van der Waals surface area contributed by atoms with Crippen LogP contribution in [0.4, 0.5) is 0 Å². The molecule has 0 aliphatic heterocycles. The summed E-state index contributed by atoms with van der Waals surface area (Å²) in [6, 6.07) is 2.75. The van der Waals surface area contributed by atoms with Crippen LogP contribution in [0.2, 0.25) is 0 Å². The number of hydrogen-bond donors (Lipinski definition) is 2. The van der Waals surface area contributed by atoms with Crippen LogP contribution in [0.1, 0.15) is 16.8 Å². The average Bonchev–Trinajstić information content (AvgIpc) is 2.32. The van der Waals surface area contributed by atoms with E-state index in [1.54, 1.807) is 6.07 Å². The van der Waals surface area contributed by atoms with Gasteiger partial charge < -0.3 is 10.4 Å². The van der Waals surface area contributed by atoms with Gasteiger partial charge in [-0.1, -0.05) is 6.08 Å². The molecule has 0 aromatic heterocycles. The predicted molar refractivity (Wildman–Crippen MR) is 98.3 cm³/mol. The zero-order valence-corrected chi connectivity index (χ0v) is 16.1. The van der Waals surface area contributed by atoms with Crippen molar-refractivity contribution in [2.75, 3.05) is 0 Å². The molecule has 0 spiro atoms. The molecular formula is C12H10I3NO3. The molecule has 102 valence electrons. The number of aliphatic carboxylic acids is 1. The molecule has 0 heterocycles. The molecular weight excluding hydrogens is 587 g/mol. The quantitative estimate of drug-likeness (QED) is 0.312. The minimum atomic E-state index is -1.07. The van der Waals surface area contributed by atoms with E-state index < -0.39 is 12.0 Å². The number of benzene rings is 1. The first-order valence-electron chi connectivity index (χ1n) is 5.16. The zero-order valence-electron chi connectivity index (χ0n) is 9.62. The van der Waals surface area contributed by atoms with Crippen molar-refractivity contribution in [2.24, 2.45) is 0 Å². The number of carbonyl (C=O) groups is 2. The van der Waals surface area contributed by atoms with E-state index >= 15 is 0 Å². The molecule has 0 saturated heterocycles. The van der Waals surface area contributed by atoms with E-state index in [0.29, 0.717) is 5.56 Å². The summed E-state index contributed by atoms with van der Waals surface area (Å²) in [6.07, 6.45) is 1.67. The van der Waals surface area contributed by atoms with Gasteiger partial charge in [-0.3, -0.25) is 4.79 Å². The van der Waals surface area contributed by atoms with Gasteiger partial charge in [0.15, 0.2) is 0 Å². The molecule has 1 aromatic carbocycles. The Morgan fingerprint density at radius 3 is 2.53 bits per heavy atom. The number of hydrogen-bond acceptors (Lipinski definition) is 2. The largest absolute Gasteiger partial charge is 0.480 e. The number of carboxylic acid groups (broad SMARTS) is 1. The number of nitrogens with one attached hydrogen (secondary N) is 1. The highest BCUT2D eigenvalue weighted by Crippen LogP contribution is 2.23. The summed E-state index contributed by atoms with van der Waals surface area (Å²) >= 11 is 6.36. The molecule has 2 N–H and O–H groups in total.